The van der Waals surface area contributed by atoms with Crippen LogP contribution in [0.3, 0.4) is 0 Å². The topological polar surface area (TPSA) is 108 Å². The molecule has 158 valence electrons. The van der Waals surface area contributed by atoms with Crippen molar-refractivity contribution >= 4 is 17.7 Å². The van der Waals surface area contributed by atoms with Gasteiger partial charge in [0.1, 0.15) is 18.7 Å². The first-order valence-corrected chi connectivity index (χ1v) is 9.63. The molecule has 1 N–H and O–H groups in total. The lowest BCUT2D eigenvalue weighted by Crippen LogP contribution is -2.32. The lowest BCUT2D eigenvalue weighted by molar-refractivity contribution is -0.147. The molecule has 0 aliphatic rings. The Kier molecular flexibility index (Phi) is 6.61. The molecule has 9 nitrogen and oxygen atoms in total. The Bertz CT molecular complexity index is 1080. The second-order valence-corrected chi connectivity index (χ2v) is 7.04. The first kappa shape index (κ1) is 21.2. The molecule has 2 heterocycles. The third-order valence-corrected chi connectivity index (χ3v) is 4.69. The molecule has 0 aliphatic heterocycles. The predicted molar refractivity (Wildman–Crippen MR) is 109 cm³/mol. The van der Waals surface area contributed by atoms with Crippen molar-refractivity contribution in [3.63, 3.8) is 0 Å². The highest BCUT2D eigenvalue weighted by Gasteiger charge is 2.16. The Hall–Kier alpha value is -3.49. The summed E-state index contributed by atoms with van der Waals surface area (Å²) in [5, 5.41) is 6.76. The van der Waals surface area contributed by atoms with E-state index >= 15 is 0 Å². The average Bonchev–Trinajstić information content (AvgIpc) is 3.16. The Morgan fingerprint density at radius 1 is 1.17 bits per heavy atom. The van der Waals surface area contributed by atoms with Crippen molar-refractivity contribution in [1.29, 1.82) is 0 Å². The van der Waals surface area contributed by atoms with Gasteiger partial charge < -0.3 is 14.8 Å². The van der Waals surface area contributed by atoms with E-state index in [1.807, 2.05) is 39.0 Å². The van der Waals surface area contributed by atoms with E-state index in [0.717, 1.165) is 22.6 Å². The average molecular weight is 411 g/mol. The fourth-order valence-electron chi connectivity index (χ4n) is 3.12. The molecular weight excluding hydrogens is 386 g/mol. The quantitative estimate of drug-likeness (QED) is 0.443. The lowest BCUT2D eigenvalue weighted by Gasteiger charge is -2.11. The zero-order chi connectivity index (χ0) is 21.7. The molecule has 1 aromatic carbocycles. The highest BCUT2D eigenvalue weighted by molar-refractivity contribution is 5.81. The van der Waals surface area contributed by atoms with Crippen molar-refractivity contribution < 1.29 is 19.1 Å². The number of nitrogens with zero attached hydrogens (tertiary/aromatic N) is 4. The first-order chi connectivity index (χ1) is 14.3. The van der Waals surface area contributed by atoms with Crippen molar-refractivity contribution in [2.24, 2.45) is 0 Å². The second-order valence-electron chi connectivity index (χ2n) is 7.04. The van der Waals surface area contributed by atoms with Crippen molar-refractivity contribution in [3.8, 4) is 5.75 Å². The summed E-state index contributed by atoms with van der Waals surface area (Å²) in [6.45, 7) is 7.92. The SMILES string of the molecule is Cc1ccc(OCCNC(=O)COC(=O)Cc2c(C)nc3ncnn3c2C)c(C)c1. The molecule has 3 rings (SSSR count). The van der Waals surface area contributed by atoms with Gasteiger partial charge in [-0.05, 0) is 39.3 Å². The molecule has 0 saturated carbocycles. The van der Waals surface area contributed by atoms with Crippen LogP contribution >= 0.6 is 0 Å². The Labute approximate surface area is 174 Å². The molecule has 30 heavy (non-hydrogen) atoms. The number of carbonyl (C=O) groups is 2. The molecule has 0 aliphatic carbocycles. The Morgan fingerprint density at radius 3 is 2.73 bits per heavy atom. The number of hydrogen-bond acceptors (Lipinski definition) is 7. The van der Waals surface area contributed by atoms with Gasteiger partial charge in [0.2, 0.25) is 0 Å². The molecule has 0 unspecified atom stereocenters. The van der Waals surface area contributed by atoms with Gasteiger partial charge in [-0.15, -0.1) is 0 Å². The minimum absolute atomic E-state index is 0.00353. The minimum atomic E-state index is -0.510. The van der Waals surface area contributed by atoms with E-state index in [2.05, 4.69) is 20.4 Å². The number of ether oxygens (including phenoxy) is 2. The summed E-state index contributed by atoms with van der Waals surface area (Å²) < 4.78 is 12.3. The standard InChI is InChI=1S/C21H25N5O4/c1-13-5-6-18(14(2)9-13)29-8-7-22-19(27)11-30-20(28)10-17-15(3)25-21-23-12-24-26(21)16(17)4/h5-6,9,12H,7-8,10-11H2,1-4H3,(H,22,27). The Morgan fingerprint density at radius 2 is 1.97 bits per heavy atom. The number of esters is 1. The monoisotopic (exact) mass is 411 g/mol. The fourth-order valence-corrected chi connectivity index (χ4v) is 3.12. The molecule has 0 spiro atoms. The number of hydrogen-bond donors (Lipinski definition) is 1. The van der Waals surface area contributed by atoms with Crippen LogP contribution in [0.15, 0.2) is 24.5 Å². The molecule has 0 saturated heterocycles. The van der Waals surface area contributed by atoms with Crippen LogP contribution in [0.25, 0.3) is 5.78 Å². The van der Waals surface area contributed by atoms with Gasteiger partial charge in [0.05, 0.1) is 13.0 Å². The number of aryl methyl sites for hydroxylation is 4. The number of nitrogens with one attached hydrogen (secondary N) is 1. The molecule has 3 aromatic rings. The molecule has 0 bridgehead atoms. The number of amides is 1. The number of benzene rings is 1. The maximum absolute atomic E-state index is 12.2. The largest absolute Gasteiger partial charge is 0.491 e. The maximum Gasteiger partial charge on any atom is 0.310 e. The van der Waals surface area contributed by atoms with Crippen molar-refractivity contribution in [2.45, 2.75) is 34.1 Å². The zero-order valence-corrected chi connectivity index (χ0v) is 17.6. The van der Waals surface area contributed by atoms with E-state index in [-0.39, 0.29) is 18.9 Å². The number of aromatic nitrogens is 4. The van der Waals surface area contributed by atoms with E-state index in [0.29, 0.717) is 30.2 Å². The van der Waals surface area contributed by atoms with Crippen LogP contribution in [0.5, 0.6) is 5.75 Å². The summed E-state index contributed by atoms with van der Waals surface area (Å²) in [5.41, 5.74) is 4.36. The van der Waals surface area contributed by atoms with Crippen molar-refractivity contribution in [3.05, 3.63) is 52.6 Å². The third-order valence-electron chi connectivity index (χ3n) is 4.69. The summed E-state index contributed by atoms with van der Waals surface area (Å²) in [7, 11) is 0. The van der Waals surface area contributed by atoms with E-state index in [9.17, 15) is 9.59 Å². The first-order valence-electron chi connectivity index (χ1n) is 9.63. The smallest absolute Gasteiger partial charge is 0.310 e. The van der Waals surface area contributed by atoms with Gasteiger partial charge in [-0.3, -0.25) is 9.59 Å². The molecule has 9 heteroatoms. The summed E-state index contributed by atoms with van der Waals surface area (Å²) in [6, 6.07) is 5.91. The van der Waals surface area contributed by atoms with E-state index < -0.39 is 5.97 Å². The van der Waals surface area contributed by atoms with Gasteiger partial charge in [0.25, 0.3) is 11.7 Å². The van der Waals surface area contributed by atoms with Crippen molar-refractivity contribution in [2.75, 3.05) is 19.8 Å². The van der Waals surface area contributed by atoms with Crippen molar-refractivity contribution in [1.82, 2.24) is 24.9 Å². The number of fused-ring (bicyclic) bond motifs is 1. The second kappa shape index (κ2) is 9.34. The van der Waals surface area contributed by atoms with Crippen LogP contribution < -0.4 is 10.1 Å². The normalized spacial score (nSPS) is 10.8. The predicted octanol–water partition coefficient (Wildman–Crippen LogP) is 1.64. The van der Waals surface area contributed by atoms with Gasteiger partial charge in [-0.1, -0.05) is 17.7 Å². The van der Waals surface area contributed by atoms with Crippen LogP contribution in [0.2, 0.25) is 0 Å². The summed E-state index contributed by atoms with van der Waals surface area (Å²) in [6.07, 6.45) is 1.41. The van der Waals surface area contributed by atoms with Gasteiger partial charge in [-0.2, -0.15) is 10.1 Å². The van der Waals surface area contributed by atoms with Gasteiger partial charge in [-0.25, -0.2) is 9.50 Å². The van der Waals surface area contributed by atoms with Gasteiger partial charge >= 0.3 is 5.97 Å². The number of carbonyl (C=O) groups excluding carboxylic acids is 2. The van der Waals surface area contributed by atoms with Gasteiger partial charge in [0, 0.05) is 17.0 Å². The molecule has 1 amide bonds. The van der Waals surface area contributed by atoms with Crippen LogP contribution in [-0.4, -0.2) is 51.2 Å². The third kappa shape index (κ3) is 5.11. The minimum Gasteiger partial charge on any atom is -0.491 e. The summed E-state index contributed by atoms with van der Waals surface area (Å²) in [5.74, 6) is 0.365. The lowest BCUT2D eigenvalue weighted by atomic mass is 10.1. The van der Waals surface area contributed by atoms with E-state index in [1.54, 1.807) is 11.4 Å². The highest BCUT2D eigenvalue weighted by Crippen LogP contribution is 2.18. The number of rotatable bonds is 8. The Balaban J connectivity index is 1.42. The van der Waals surface area contributed by atoms with Crippen LogP contribution in [-0.2, 0) is 20.7 Å². The molecule has 2 aromatic heterocycles. The summed E-state index contributed by atoms with van der Waals surface area (Å²) >= 11 is 0. The molecule has 0 radical (unpaired) electrons. The van der Waals surface area contributed by atoms with Crippen LogP contribution in [0.4, 0.5) is 0 Å². The van der Waals surface area contributed by atoms with Gasteiger partial charge in [0.15, 0.2) is 6.61 Å². The zero-order valence-electron chi connectivity index (χ0n) is 17.6. The van der Waals surface area contributed by atoms with Crippen LogP contribution in [0.1, 0.15) is 28.1 Å². The summed E-state index contributed by atoms with van der Waals surface area (Å²) in [4.78, 5) is 32.5. The molecule has 0 fully saturated rings. The van der Waals surface area contributed by atoms with E-state index in [1.165, 1.54) is 6.33 Å². The van der Waals surface area contributed by atoms with E-state index in [4.69, 9.17) is 9.47 Å². The molecular formula is C21H25N5O4. The van der Waals surface area contributed by atoms with Crippen LogP contribution in [0, 0.1) is 27.7 Å². The highest BCUT2D eigenvalue weighted by atomic mass is 16.5. The maximum atomic E-state index is 12.2. The molecule has 0 atom stereocenters. The fraction of sp³-hybridized carbons (Fsp3) is 0.381.